The van der Waals surface area contributed by atoms with Crippen molar-refractivity contribution < 1.29 is 4.39 Å². The molecule has 0 aromatic heterocycles. The fraction of sp³-hybridized carbons (Fsp3) is 0.333. The first-order valence-corrected chi connectivity index (χ1v) is 5.10. The summed E-state index contributed by atoms with van der Waals surface area (Å²) in [5.74, 6) is -0.202. The van der Waals surface area contributed by atoms with Gasteiger partial charge in [-0.05, 0) is 24.3 Å². The molecule has 0 spiro atoms. The number of benzene rings is 1. The van der Waals surface area contributed by atoms with Crippen LogP contribution in [0, 0.1) is 5.82 Å². The lowest BCUT2D eigenvalue weighted by atomic mass is 10.3. The summed E-state index contributed by atoms with van der Waals surface area (Å²) in [7, 11) is 0. The average molecular weight is 187 g/mol. The summed E-state index contributed by atoms with van der Waals surface area (Å²) < 4.78 is 15.3. The van der Waals surface area contributed by atoms with E-state index in [4.69, 9.17) is 0 Å². The van der Waals surface area contributed by atoms with Crippen molar-refractivity contribution in [3.63, 3.8) is 0 Å². The third kappa shape index (κ3) is 4.23. The van der Waals surface area contributed by atoms with Gasteiger partial charge in [-0.25, -0.2) is 4.39 Å². The van der Waals surface area contributed by atoms with Gasteiger partial charge in [-0.1, -0.05) is 25.8 Å². The second-order valence-corrected chi connectivity index (χ2v) is 2.43. The number of hydrogen-bond donors (Lipinski definition) is 1. The molecule has 1 rings (SSSR count). The van der Waals surface area contributed by atoms with Gasteiger partial charge in [-0.15, -0.1) is 0 Å². The van der Waals surface area contributed by atoms with Crippen LogP contribution < -0.4 is 4.72 Å². The number of anilines is 1. The molecular formula is C9H14FNS. The SMILES string of the molecule is CC.CSNc1ccc(F)cc1. The molecule has 0 amide bonds. The second kappa shape index (κ2) is 6.98. The molecule has 1 aromatic rings. The van der Waals surface area contributed by atoms with Crippen LogP contribution in [0.1, 0.15) is 13.8 Å². The fourth-order valence-corrected chi connectivity index (χ4v) is 1.01. The van der Waals surface area contributed by atoms with Gasteiger partial charge in [0.1, 0.15) is 5.82 Å². The van der Waals surface area contributed by atoms with E-state index >= 15 is 0 Å². The van der Waals surface area contributed by atoms with Crippen LogP contribution in [0.3, 0.4) is 0 Å². The maximum absolute atomic E-state index is 12.3. The minimum absolute atomic E-state index is 0.202. The van der Waals surface area contributed by atoms with Crippen LogP contribution in [0.15, 0.2) is 24.3 Å². The zero-order chi connectivity index (χ0) is 9.40. The van der Waals surface area contributed by atoms with Crippen LogP contribution in [0.2, 0.25) is 0 Å². The van der Waals surface area contributed by atoms with E-state index in [1.807, 2.05) is 20.1 Å². The first kappa shape index (κ1) is 11.3. The predicted octanol–water partition coefficient (Wildman–Crippen LogP) is 3.54. The monoisotopic (exact) mass is 187 g/mol. The Balaban J connectivity index is 0.000000561. The Kier molecular flexibility index (Phi) is 6.57. The van der Waals surface area contributed by atoms with Gasteiger partial charge in [0.05, 0.1) is 0 Å². The minimum atomic E-state index is -0.202. The third-order valence-electron chi connectivity index (χ3n) is 1.06. The maximum atomic E-state index is 12.3. The summed E-state index contributed by atoms with van der Waals surface area (Å²) in [4.78, 5) is 0. The standard InChI is InChI=1S/C7H8FNS.C2H6/c1-10-9-7-4-2-6(8)3-5-7;1-2/h2-5,9H,1H3;1-2H3. The number of nitrogens with one attached hydrogen (secondary N) is 1. The van der Waals surface area contributed by atoms with Crippen molar-refractivity contribution in [1.82, 2.24) is 0 Å². The molecule has 1 nitrogen and oxygen atoms in total. The van der Waals surface area contributed by atoms with E-state index in [-0.39, 0.29) is 5.82 Å². The van der Waals surface area contributed by atoms with Gasteiger partial charge in [0.15, 0.2) is 0 Å². The molecule has 0 aliphatic rings. The minimum Gasteiger partial charge on any atom is -0.330 e. The van der Waals surface area contributed by atoms with E-state index in [0.29, 0.717) is 0 Å². The molecule has 0 fully saturated rings. The molecule has 0 atom stereocenters. The molecule has 12 heavy (non-hydrogen) atoms. The van der Waals surface area contributed by atoms with E-state index < -0.39 is 0 Å². The summed E-state index contributed by atoms with van der Waals surface area (Å²) in [5.41, 5.74) is 0.925. The smallest absolute Gasteiger partial charge is 0.123 e. The average Bonchev–Trinajstić information content (AvgIpc) is 2.13. The van der Waals surface area contributed by atoms with Crippen molar-refractivity contribution in [2.24, 2.45) is 0 Å². The summed E-state index contributed by atoms with van der Waals surface area (Å²) in [6.45, 7) is 4.00. The topological polar surface area (TPSA) is 12.0 Å². The summed E-state index contributed by atoms with van der Waals surface area (Å²) in [5, 5.41) is 0. The quantitative estimate of drug-likeness (QED) is 0.711. The fourth-order valence-electron chi connectivity index (χ4n) is 0.636. The molecule has 0 heterocycles. The van der Waals surface area contributed by atoms with E-state index in [2.05, 4.69) is 4.72 Å². The van der Waals surface area contributed by atoms with E-state index in [1.54, 1.807) is 12.1 Å². The lowest BCUT2D eigenvalue weighted by Crippen LogP contribution is -1.83. The van der Waals surface area contributed by atoms with Gasteiger partial charge >= 0.3 is 0 Å². The highest BCUT2D eigenvalue weighted by Gasteiger charge is 1.89. The lowest BCUT2D eigenvalue weighted by Gasteiger charge is -1.99. The van der Waals surface area contributed by atoms with Crippen LogP contribution in [0.4, 0.5) is 10.1 Å². The predicted molar refractivity (Wildman–Crippen MR) is 54.9 cm³/mol. The molecule has 0 aliphatic carbocycles. The first-order chi connectivity index (χ1) is 5.83. The first-order valence-electron chi connectivity index (χ1n) is 3.87. The molecule has 68 valence electrons. The van der Waals surface area contributed by atoms with Crippen molar-refractivity contribution in [2.75, 3.05) is 11.0 Å². The normalized spacial score (nSPS) is 8.33. The number of rotatable bonds is 2. The zero-order valence-corrected chi connectivity index (χ0v) is 8.41. The zero-order valence-electron chi connectivity index (χ0n) is 7.60. The highest BCUT2D eigenvalue weighted by Crippen LogP contribution is 2.10. The Bertz CT molecular complexity index is 198. The molecule has 1 aromatic carbocycles. The second-order valence-electron chi connectivity index (χ2n) is 1.81. The molecule has 0 aliphatic heterocycles. The maximum Gasteiger partial charge on any atom is 0.123 e. The van der Waals surface area contributed by atoms with Crippen molar-refractivity contribution in [3.05, 3.63) is 30.1 Å². The van der Waals surface area contributed by atoms with E-state index in [9.17, 15) is 4.39 Å². The van der Waals surface area contributed by atoms with Crippen LogP contribution in [-0.4, -0.2) is 6.26 Å². The molecule has 3 heteroatoms. The molecule has 0 radical (unpaired) electrons. The number of halogens is 1. The molecule has 0 unspecified atom stereocenters. The summed E-state index contributed by atoms with van der Waals surface area (Å²) in [6, 6.07) is 6.26. The van der Waals surface area contributed by atoms with Crippen molar-refractivity contribution in [2.45, 2.75) is 13.8 Å². The Labute approximate surface area is 77.5 Å². The van der Waals surface area contributed by atoms with Gasteiger partial charge in [-0.3, -0.25) is 0 Å². The molecular weight excluding hydrogens is 173 g/mol. The molecule has 0 bridgehead atoms. The largest absolute Gasteiger partial charge is 0.330 e. The van der Waals surface area contributed by atoms with Gasteiger partial charge < -0.3 is 4.72 Å². The van der Waals surface area contributed by atoms with Gasteiger partial charge in [0.2, 0.25) is 0 Å². The van der Waals surface area contributed by atoms with Crippen molar-refractivity contribution in [1.29, 1.82) is 0 Å². The third-order valence-corrected chi connectivity index (χ3v) is 1.50. The molecule has 1 N–H and O–H groups in total. The van der Waals surface area contributed by atoms with Crippen LogP contribution >= 0.6 is 11.9 Å². The highest BCUT2D eigenvalue weighted by atomic mass is 32.2. The highest BCUT2D eigenvalue weighted by molar-refractivity contribution is 7.99. The van der Waals surface area contributed by atoms with Crippen molar-refractivity contribution >= 4 is 17.6 Å². The Hall–Kier alpha value is -0.700. The van der Waals surface area contributed by atoms with Gasteiger partial charge in [0, 0.05) is 11.9 Å². The Morgan fingerprint density at radius 3 is 2.08 bits per heavy atom. The Morgan fingerprint density at radius 1 is 1.17 bits per heavy atom. The van der Waals surface area contributed by atoms with Crippen molar-refractivity contribution in [3.8, 4) is 0 Å². The van der Waals surface area contributed by atoms with E-state index in [0.717, 1.165) is 5.69 Å². The van der Waals surface area contributed by atoms with Crippen LogP contribution in [0.5, 0.6) is 0 Å². The van der Waals surface area contributed by atoms with Crippen LogP contribution in [-0.2, 0) is 0 Å². The number of hydrogen-bond acceptors (Lipinski definition) is 2. The summed E-state index contributed by atoms with van der Waals surface area (Å²) in [6.07, 6.45) is 1.92. The summed E-state index contributed by atoms with van der Waals surface area (Å²) >= 11 is 1.49. The Morgan fingerprint density at radius 2 is 1.67 bits per heavy atom. The van der Waals surface area contributed by atoms with Crippen LogP contribution in [0.25, 0.3) is 0 Å². The lowest BCUT2D eigenvalue weighted by molar-refractivity contribution is 0.628. The van der Waals surface area contributed by atoms with Gasteiger partial charge in [-0.2, -0.15) is 0 Å². The molecule has 0 saturated heterocycles. The van der Waals surface area contributed by atoms with Gasteiger partial charge in [0.25, 0.3) is 0 Å². The van der Waals surface area contributed by atoms with E-state index in [1.165, 1.54) is 24.1 Å². The molecule has 0 saturated carbocycles.